The molecule has 0 radical (unpaired) electrons. The van der Waals surface area contributed by atoms with E-state index in [9.17, 15) is 9.59 Å². The Morgan fingerprint density at radius 3 is 2.45 bits per heavy atom. The first-order valence-electron chi connectivity index (χ1n) is 8.65. The van der Waals surface area contributed by atoms with Crippen LogP contribution in [0.25, 0.3) is 0 Å². The summed E-state index contributed by atoms with van der Waals surface area (Å²) in [4.78, 5) is 25.7. The molecule has 5 heteroatoms. The third kappa shape index (κ3) is 4.22. The third-order valence-electron chi connectivity index (χ3n) is 5.09. The molecule has 22 heavy (non-hydrogen) atoms. The Morgan fingerprint density at radius 2 is 1.91 bits per heavy atom. The zero-order valence-electron chi connectivity index (χ0n) is 13.8. The Kier molecular flexibility index (Phi) is 6.24. The van der Waals surface area contributed by atoms with Crippen molar-refractivity contribution in [2.45, 2.75) is 46.0 Å². The minimum absolute atomic E-state index is 0.163. The topological polar surface area (TPSA) is 66.8 Å². The molecular weight excluding hydrogens is 282 g/mol. The number of nitrogens with zero attached hydrogens (tertiary/aromatic N) is 1. The lowest BCUT2D eigenvalue weighted by Gasteiger charge is -2.25. The summed E-state index contributed by atoms with van der Waals surface area (Å²) in [7, 11) is 0. The summed E-state index contributed by atoms with van der Waals surface area (Å²) in [6.07, 6.45) is 5.58. The van der Waals surface area contributed by atoms with Crippen LogP contribution in [-0.4, -0.2) is 48.2 Å². The number of carbonyl (C=O) groups is 2. The molecule has 0 saturated heterocycles. The SMILES string of the molecule is CCOCCCN(CC(C)C(=O)O)C(=O)C1C2CCCCC21. The van der Waals surface area contributed by atoms with Crippen LogP contribution >= 0.6 is 0 Å². The molecule has 2 saturated carbocycles. The maximum Gasteiger partial charge on any atom is 0.308 e. The molecule has 1 amide bonds. The van der Waals surface area contributed by atoms with Crippen LogP contribution < -0.4 is 0 Å². The summed E-state index contributed by atoms with van der Waals surface area (Å²) in [6, 6.07) is 0. The predicted molar refractivity (Wildman–Crippen MR) is 83.4 cm³/mol. The molecule has 2 aliphatic carbocycles. The number of hydrogen-bond acceptors (Lipinski definition) is 3. The van der Waals surface area contributed by atoms with Crippen LogP contribution in [0.4, 0.5) is 0 Å². The molecule has 3 unspecified atom stereocenters. The van der Waals surface area contributed by atoms with E-state index in [0.717, 1.165) is 6.42 Å². The lowest BCUT2D eigenvalue weighted by Crippen LogP contribution is -2.39. The van der Waals surface area contributed by atoms with Crippen LogP contribution in [0.3, 0.4) is 0 Å². The Hall–Kier alpha value is -1.10. The molecule has 0 aliphatic heterocycles. The quantitative estimate of drug-likeness (QED) is 0.664. The average molecular weight is 311 g/mol. The van der Waals surface area contributed by atoms with Gasteiger partial charge in [-0.15, -0.1) is 0 Å². The van der Waals surface area contributed by atoms with Crippen molar-refractivity contribution in [1.82, 2.24) is 4.90 Å². The van der Waals surface area contributed by atoms with Gasteiger partial charge < -0.3 is 14.7 Å². The number of amides is 1. The van der Waals surface area contributed by atoms with E-state index in [1.54, 1.807) is 11.8 Å². The highest BCUT2D eigenvalue weighted by atomic mass is 16.5. The minimum atomic E-state index is -0.837. The third-order valence-corrected chi connectivity index (χ3v) is 5.09. The number of aliphatic carboxylic acids is 1. The summed E-state index contributed by atoms with van der Waals surface area (Å²) >= 11 is 0. The van der Waals surface area contributed by atoms with Gasteiger partial charge in [0, 0.05) is 32.2 Å². The largest absolute Gasteiger partial charge is 0.481 e. The second kappa shape index (κ2) is 7.95. The summed E-state index contributed by atoms with van der Waals surface area (Å²) in [6.45, 7) is 5.84. The highest BCUT2D eigenvalue weighted by Crippen LogP contribution is 2.56. The van der Waals surface area contributed by atoms with E-state index in [0.29, 0.717) is 38.1 Å². The zero-order valence-corrected chi connectivity index (χ0v) is 13.8. The van der Waals surface area contributed by atoms with Gasteiger partial charge in [0.2, 0.25) is 5.91 Å². The van der Waals surface area contributed by atoms with E-state index in [-0.39, 0.29) is 11.8 Å². The Morgan fingerprint density at radius 1 is 1.27 bits per heavy atom. The molecule has 2 aliphatic rings. The summed E-state index contributed by atoms with van der Waals surface area (Å²) in [5.74, 6) is 0.122. The molecule has 5 nitrogen and oxygen atoms in total. The van der Waals surface area contributed by atoms with Gasteiger partial charge in [-0.3, -0.25) is 9.59 Å². The Balaban J connectivity index is 1.90. The average Bonchev–Trinajstić information content (AvgIpc) is 3.23. The van der Waals surface area contributed by atoms with Crippen LogP contribution in [0.1, 0.15) is 46.0 Å². The van der Waals surface area contributed by atoms with E-state index in [1.165, 1.54) is 25.7 Å². The van der Waals surface area contributed by atoms with Crippen molar-refractivity contribution in [2.75, 3.05) is 26.3 Å². The van der Waals surface area contributed by atoms with Crippen LogP contribution in [0, 0.1) is 23.7 Å². The number of hydrogen-bond donors (Lipinski definition) is 1. The molecule has 0 bridgehead atoms. The molecule has 1 N–H and O–H groups in total. The number of carboxylic acids is 1. The number of fused-ring (bicyclic) bond motifs is 1. The first kappa shape index (κ1) is 17.3. The van der Waals surface area contributed by atoms with Crippen molar-refractivity contribution in [3.05, 3.63) is 0 Å². The minimum Gasteiger partial charge on any atom is -0.481 e. The first-order chi connectivity index (χ1) is 10.6. The molecule has 0 heterocycles. The van der Waals surface area contributed by atoms with E-state index in [2.05, 4.69) is 0 Å². The molecular formula is C17H29NO4. The fourth-order valence-corrected chi connectivity index (χ4v) is 3.77. The van der Waals surface area contributed by atoms with Gasteiger partial charge in [-0.2, -0.15) is 0 Å². The van der Waals surface area contributed by atoms with Gasteiger partial charge >= 0.3 is 5.97 Å². The molecule has 0 spiro atoms. The van der Waals surface area contributed by atoms with E-state index in [4.69, 9.17) is 9.84 Å². The number of ether oxygens (including phenoxy) is 1. The van der Waals surface area contributed by atoms with Crippen molar-refractivity contribution in [3.8, 4) is 0 Å². The molecule has 126 valence electrons. The maximum absolute atomic E-state index is 12.8. The second-order valence-electron chi connectivity index (χ2n) is 6.71. The van der Waals surface area contributed by atoms with Gasteiger partial charge in [0.25, 0.3) is 0 Å². The highest BCUT2D eigenvalue weighted by molar-refractivity contribution is 5.83. The predicted octanol–water partition coefficient (Wildman–Crippen LogP) is 2.40. The molecule has 3 atom stereocenters. The fourth-order valence-electron chi connectivity index (χ4n) is 3.77. The van der Waals surface area contributed by atoms with E-state index < -0.39 is 11.9 Å². The second-order valence-corrected chi connectivity index (χ2v) is 6.71. The molecule has 0 aromatic heterocycles. The van der Waals surface area contributed by atoms with Gasteiger partial charge in [-0.05, 0) is 38.0 Å². The summed E-state index contributed by atoms with van der Waals surface area (Å²) in [5.41, 5.74) is 0. The van der Waals surface area contributed by atoms with Gasteiger partial charge in [0.05, 0.1) is 5.92 Å². The first-order valence-corrected chi connectivity index (χ1v) is 8.65. The number of rotatable bonds is 9. The molecule has 0 aromatic carbocycles. The molecule has 2 rings (SSSR count). The monoisotopic (exact) mass is 311 g/mol. The van der Waals surface area contributed by atoms with Crippen LogP contribution in [0.5, 0.6) is 0 Å². The lowest BCUT2D eigenvalue weighted by atomic mass is 10.0. The normalized spacial score (nSPS) is 27.8. The summed E-state index contributed by atoms with van der Waals surface area (Å²) < 4.78 is 5.33. The maximum atomic E-state index is 12.8. The number of carbonyl (C=O) groups excluding carboxylic acids is 1. The van der Waals surface area contributed by atoms with Gasteiger partial charge in [0.1, 0.15) is 0 Å². The Labute approximate surface area is 133 Å². The van der Waals surface area contributed by atoms with Crippen molar-refractivity contribution >= 4 is 11.9 Å². The smallest absolute Gasteiger partial charge is 0.308 e. The standard InChI is InChI=1S/C17H29NO4/c1-3-22-10-6-9-18(11-12(2)17(20)21)16(19)15-13-7-4-5-8-14(13)15/h12-15H,3-11H2,1-2H3,(H,20,21). The summed E-state index contributed by atoms with van der Waals surface area (Å²) in [5, 5.41) is 9.12. The highest BCUT2D eigenvalue weighted by Gasteiger charge is 2.55. The zero-order chi connectivity index (χ0) is 16.1. The van der Waals surface area contributed by atoms with E-state index >= 15 is 0 Å². The molecule has 2 fully saturated rings. The van der Waals surface area contributed by atoms with Gasteiger partial charge in [-0.1, -0.05) is 19.8 Å². The van der Waals surface area contributed by atoms with Crippen LogP contribution in [0.2, 0.25) is 0 Å². The fraction of sp³-hybridized carbons (Fsp3) is 0.882. The van der Waals surface area contributed by atoms with Gasteiger partial charge in [0.15, 0.2) is 0 Å². The van der Waals surface area contributed by atoms with Crippen LogP contribution in [0.15, 0.2) is 0 Å². The van der Waals surface area contributed by atoms with Crippen molar-refractivity contribution < 1.29 is 19.4 Å². The lowest BCUT2D eigenvalue weighted by molar-refractivity contribution is -0.143. The van der Waals surface area contributed by atoms with Gasteiger partial charge in [-0.25, -0.2) is 0 Å². The van der Waals surface area contributed by atoms with E-state index in [1.807, 2.05) is 6.92 Å². The van der Waals surface area contributed by atoms with Crippen molar-refractivity contribution in [1.29, 1.82) is 0 Å². The van der Waals surface area contributed by atoms with Crippen LogP contribution in [-0.2, 0) is 14.3 Å². The molecule has 0 aromatic rings. The number of carboxylic acid groups (broad SMARTS) is 1. The Bertz CT molecular complexity index is 386. The van der Waals surface area contributed by atoms with Crippen molar-refractivity contribution in [3.63, 3.8) is 0 Å². The van der Waals surface area contributed by atoms with Crippen molar-refractivity contribution in [2.24, 2.45) is 23.7 Å².